The molecule has 0 aliphatic carbocycles. The van der Waals surface area contributed by atoms with Gasteiger partial charge in [0, 0.05) is 19.0 Å². The van der Waals surface area contributed by atoms with E-state index in [2.05, 4.69) is 5.16 Å². The minimum atomic E-state index is -0.360. The molecule has 1 aromatic heterocycles. The van der Waals surface area contributed by atoms with Crippen LogP contribution < -0.4 is 0 Å². The van der Waals surface area contributed by atoms with E-state index in [4.69, 9.17) is 4.52 Å². The summed E-state index contributed by atoms with van der Waals surface area (Å²) in [6, 6.07) is 11.6. The molecule has 3 aromatic rings. The zero-order valence-electron chi connectivity index (χ0n) is 13.4. The molecule has 1 unspecified atom stereocenters. The van der Waals surface area contributed by atoms with Crippen LogP contribution in [0.2, 0.25) is 0 Å². The van der Waals surface area contributed by atoms with Gasteiger partial charge in [-0.2, -0.15) is 0 Å². The Morgan fingerprint density at radius 2 is 1.64 bits per heavy atom. The van der Waals surface area contributed by atoms with Gasteiger partial charge in [0.2, 0.25) is 0 Å². The Morgan fingerprint density at radius 1 is 1.04 bits per heavy atom. The summed E-state index contributed by atoms with van der Waals surface area (Å²) in [4.78, 5) is 14.5. The van der Waals surface area contributed by atoms with E-state index < -0.39 is 0 Å². The number of nitrogens with zero attached hydrogens (tertiary/aromatic N) is 2. The monoisotopic (exact) mass is 340 g/mol. The fraction of sp³-hybridized carbons (Fsp3) is 0.158. The molecule has 0 fully saturated rings. The van der Waals surface area contributed by atoms with Crippen molar-refractivity contribution in [1.29, 1.82) is 0 Å². The summed E-state index contributed by atoms with van der Waals surface area (Å²) in [6.45, 7) is 0. The molecule has 0 bridgehead atoms. The second-order valence-electron chi connectivity index (χ2n) is 6.02. The first-order valence-corrected chi connectivity index (χ1v) is 7.81. The summed E-state index contributed by atoms with van der Waals surface area (Å²) in [5.41, 5.74) is 2.24. The van der Waals surface area contributed by atoms with Gasteiger partial charge in [-0.25, -0.2) is 8.78 Å². The van der Waals surface area contributed by atoms with Crippen molar-refractivity contribution >= 4 is 5.91 Å². The molecule has 4 rings (SSSR count). The maximum atomic E-state index is 13.2. The minimum absolute atomic E-state index is 0.226. The maximum Gasteiger partial charge on any atom is 0.260 e. The highest BCUT2D eigenvalue weighted by molar-refractivity contribution is 6.01. The van der Waals surface area contributed by atoms with E-state index in [-0.39, 0.29) is 23.6 Å². The van der Waals surface area contributed by atoms with Crippen molar-refractivity contribution in [2.45, 2.75) is 12.5 Å². The summed E-state index contributed by atoms with van der Waals surface area (Å²) in [5, 5.41) is 4.02. The van der Waals surface area contributed by atoms with Crippen molar-refractivity contribution in [3.05, 3.63) is 77.1 Å². The number of halogens is 2. The molecule has 0 saturated carbocycles. The lowest BCUT2D eigenvalue weighted by atomic mass is 9.92. The van der Waals surface area contributed by atoms with Crippen molar-refractivity contribution in [1.82, 2.24) is 10.1 Å². The Labute approximate surface area is 142 Å². The summed E-state index contributed by atoms with van der Waals surface area (Å²) in [7, 11) is 1.70. The van der Waals surface area contributed by atoms with Crippen LogP contribution in [0.3, 0.4) is 0 Å². The van der Waals surface area contributed by atoms with E-state index in [1.165, 1.54) is 24.3 Å². The van der Waals surface area contributed by atoms with E-state index in [0.29, 0.717) is 29.0 Å². The molecule has 0 spiro atoms. The van der Waals surface area contributed by atoms with E-state index >= 15 is 0 Å². The molecule has 1 atom stereocenters. The van der Waals surface area contributed by atoms with Crippen LogP contribution in [-0.2, 0) is 6.42 Å². The largest absolute Gasteiger partial charge is 0.360 e. The predicted molar refractivity (Wildman–Crippen MR) is 86.8 cm³/mol. The average molecular weight is 340 g/mol. The first-order valence-electron chi connectivity index (χ1n) is 7.81. The highest BCUT2D eigenvalue weighted by atomic mass is 19.1. The lowest BCUT2D eigenvalue weighted by Crippen LogP contribution is -2.37. The zero-order valence-corrected chi connectivity index (χ0v) is 13.4. The molecule has 0 N–H and O–H groups in total. The van der Waals surface area contributed by atoms with Crippen LogP contribution >= 0.6 is 0 Å². The molecule has 2 heterocycles. The number of fused-ring (bicyclic) bond motifs is 1. The zero-order chi connectivity index (χ0) is 17.6. The van der Waals surface area contributed by atoms with Gasteiger partial charge in [0.1, 0.15) is 22.9 Å². The number of hydrogen-bond acceptors (Lipinski definition) is 3. The highest BCUT2D eigenvalue weighted by Crippen LogP contribution is 2.36. The van der Waals surface area contributed by atoms with Gasteiger partial charge in [0.25, 0.3) is 5.91 Å². The molecule has 1 amide bonds. The number of benzene rings is 2. The number of aromatic nitrogens is 1. The van der Waals surface area contributed by atoms with Crippen LogP contribution in [0.15, 0.2) is 53.1 Å². The molecule has 1 aliphatic heterocycles. The van der Waals surface area contributed by atoms with Crippen molar-refractivity contribution in [3.63, 3.8) is 0 Å². The molecular weight excluding hydrogens is 326 g/mol. The van der Waals surface area contributed by atoms with Gasteiger partial charge < -0.3 is 9.42 Å². The maximum absolute atomic E-state index is 13.2. The van der Waals surface area contributed by atoms with Gasteiger partial charge in [-0.1, -0.05) is 17.3 Å². The first kappa shape index (κ1) is 15.5. The van der Waals surface area contributed by atoms with E-state index in [1.807, 2.05) is 0 Å². The SMILES string of the molecule is CN1C(=O)c2c(-c3ccc(F)cc3)noc2CC1c1ccc(F)cc1. The molecule has 0 saturated heterocycles. The highest BCUT2D eigenvalue weighted by Gasteiger charge is 2.36. The van der Waals surface area contributed by atoms with E-state index in [0.717, 1.165) is 5.56 Å². The molecule has 126 valence electrons. The third kappa shape index (κ3) is 2.59. The molecule has 25 heavy (non-hydrogen) atoms. The van der Waals surface area contributed by atoms with Gasteiger partial charge in [-0.05, 0) is 42.0 Å². The smallest absolute Gasteiger partial charge is 0.260 e. The standard InChI is InChI=1S/C19H14F2N2O2/c1-23-15(11-2-6-13(20)7-3-11)10-16-17(19(23)24)18(22-25-16)12-4-8-14(21)9-5-12/h2-9,15H,10H2,1H3. The normalized spacial score (nSPS) is 16.8. The number of hydrogen-bond donors (Lipinski definition) is 0. The average Bonchev–Trinajstić information content (AvgIpc) is 3.04. The van der Waals surface area contributed by atoms with Gasteiger partial charge in [0.15, 0.2) is 5.76 Å². The lowest BCUT2D eigenvalue weighted by Gasteiger charge is -2.31. The van der Waals surface area contributed by atoms with Crippen LogP contribution in [0.4, 0.5) is 8.78 Å². The number of carbonyl (C=O) groups excluding carboxylic acids is 1. The molecule has 2 aromatic carbocycles. The first-order chi connectivity index (χ1) is 12.0. The van der Waals surface area contributed by atoms with Crippen molar-refractivity contribution in [2.24, 2.45) is 0 Å². The summed E-state index contributed by atoms with van der Waals surface area (Å²) in [5.74, 6) is -0.429. The topological polar surface area (TPSA) is 46.3 Å². The Kier molecular flexibility index (Phi) is 3.60. The molecule has 6 heteroatoms. The Bertz CT molecular complexity index is 933. The van der Waals surface area contributed by atoms with Gasteiger partial charge in [-0.15, -0.1) is 0 Å². The molecule has 0 radical (unpaired) electrons. The Hall–Kier alpha value is -3.02. The van der Waals surface area contributed by atoms with Crippen molar-refractivity contribution in [2.75, 3.05) is 7.05 Å². The van der Waals surface area contributed by atoms with Crippen LogP contribution in [0.5, 0.6) is 0 Å². The third-order valence-electron chi connectivity index (χ3n) is 4.52. The van der Waals surface area contributed by atoms with Crippen LogP contribution in [0, 0.1) is 11.6 Å². The third-order valence-corrected chi connectivity index (χ3v) is 4.52. The number of carbonyl (C=O) groups is 1. The minimum Gasteiger partial charge on any atom is -0.360 e. The second-order valence-corrected chi connectivity index (χ2v) is 6.02. The van der Waals surface area contributed by atoms with Gasteiger partial charge in [-0.3, -0.25) is 4.79 Å². The van der Waals surface area contributed by atoms with Crippen LogP contribution in [-0.4, -0.2) is 23.0 Å². The van der Waals surface area contributed by atoms with Gasteiger partial charge in [0.05, 0.1) is 6.04 Å². The van der Waals surface area contributed by atoms with Crippen molar-refractivity contribution in [3.8, 4) is 11.3 Å². The van der Waals surface area contributed by atoms with Crippen LogP contribution in [0.25, 0.3) is 11.3 Å². The summed E-state index contributed by atoms with van der Waals surface area (Å²) < 4.78 is 31.7. The molecule has 4 nitrogen and oxygen atoms in total. The predicted octanol–water partition coefficient (Wildman–Crippen LogP) is 3.99. The van der Waals surface area contributed by atoms with E-state index in [1.54, 1.807) is 36.2 Å². The molecule has 1 aliphatic rings. The fourth-order valence-corrected chi connectivity index (χ4v) is 3.15. The molecular formula is C19H14F2N2O2. The Morgan fingerprint density at radius 3 is 2.28 bits per heavy atom. The number of amides is 1. The number of likely N-dealkylation sites (N-methyl/N-ethyl adjacent to an activating group) is 1. The Balaban J connectivity index is 1.74. The van der Waals surface area contributed by atoms with E-state index in [9.17, 15) is 13.6 Å². The second kappa shape index (κ2) is 5.81. The van der Waals surface area contributed by atoms with Crippen molar-refractivity contribution < 1.29 is 18.1 Å². The lowest BCUT2D eigenvalue weighted by molar-refractivity contribution is 0.0694. The van der Waals surface area contributed by atoms with Gasteiger partial charge >= 0.3 is 0 Å². The summed E-state index contributed by atoms with van der Waals surface area (Å²) in [6.07, 6.45) is 0.442. The van der Waals surface area contributed by atoms with Crippen LogP contribution in [0.1, 0.15) is 27.7 Å². The number of rotatable bonds is 2. The summed E-state index contributed by atoms with van der Waals surface area (Å²) >= 11 is 0. The fourth-order valence-electron chi connectivity index (χ4n) is 3.15. The quantitative estimate of drug-likeness (QED) is 0.709.